The van der Waals surface area contributed by atoms with E-state index in [1.165, 1.54) is 22.2 Å². The normalized spacial score (nSPS) is 17.2. The largest absolute Gasteiger partial charge is 0.346 e. The summed E-state index contributed by atoms with van der Waals surface area (Å²) in [5, 5.41) is 4.70. The molecule has 4 heteroatoms. The summed E-state index contributed by atoms with van der Waals surface area (Å²) in [6.07, 6.45) is 0. The van der Waals surface area contributed by atoms with Crippen molar-refractivity contribution >= 4 is 10.9 Å². The second-order valence-corrected chi connectivity index (χ2v) is 5.32. The summed E-state index contributed by atoms with van der Waals surface area (Å²) in [7, 11) is 2.15. The van der Waals surface area contributed by atoms with E-state index in [2.05, 4.69) is 46.1 Å². The van der Waals surface area contributed by atoms with Gasteiger partial charge in [0.2, 0.25) is 0 Å². The van der Waals surface area contributed by atoms with Gasteiger partial charge in [0.25, 0.3) is 0 Å². The zero-order valence-corrected chi connectivity index (χ0v) is 11.5. The Morgan fingerprint density at radius 3 is 2.74 bits per heavy atom. The van der Waals surface area contributed by atoms with Crippen molar-refractivity contribution < 1.29 is 0 Å². The zero-order chi connectivity index (χ0) is 13.2. The lowest BCUT2D eigenvalue weighted by Crippen LogP contribution is -2.43. The van der Waals surface area contributed by atoms with E-state index in [4.69, 9.17) is 5.73 Å². The average molecular weight is 258 g/mol. The molecule has 2 aromatic rings. The Balaban J connectivity index is 1.88. The number of aromatic nitrogens is 1. The minimum atomic E-state index is 0.609. The van der Waals surface area contributed by atoms with Gasteiger partial charge in [-0.05, 0) is 23.8 Å². The smallest absolute Gasteiger partial charge is 0.0480 e. The number of fused-ring (bicyclic) bond motifs is 1. The summed E-state index contributed by atoms with van der Waals surface area (Å²) in [6, 6.07) is 8.81. The van der Waals surface area contributed by atoms with Gasteiger partial charge in [0.05, 0.1) is 0 Å². The van der Waals surface area contributed by atoms with Gasteiger partial charge in [-0.3, -0.25) is 4.90 Å². The van der Waals surface area contributed by atoms with Crippen molar-refractivity contribution in [1.82, 2.24) is 14.8 Å². The van der Waals surface area contributed by atoms with Crippen molar-refractivity contribution in [2.24, 2.45) is 12.8 Å². The third kappa shape index (κ3) is 2.52. The summed E-state index contributed by atoms with van der Waals surface area (Å²) in [6.45, 7) is 6.11. The van der Waals surface area contributed by atoms with E-state index in [1.807, 2.05) is 0 Å². The Morgan fingerprint density at radius 1 is 1.21 bits per heavy atom. The van der Waals surface area contributed by atoms with Gasteiger partial charge >= 0.3 is 0 Å². The molecule has 0 bridgehead atoms. The molecule has 2 heterocycles. The van der Waals surface area contributed by atoms with Gasteiger partial charge in [0.15, 0.2) is 0 Å². The van der Waals surface area contributed by atoms with Crippen LogP contribution in [0.3, 0.4) is 0 Å². The van der Waals surface area contributed by atoms with Crippen LogP contribution in [0.2, 0.25) is 0 Å². The summed E-state index contributed by atoms with van der Waals surface area (Å²) in [4.78, 5) is 2.51. The van der Waals surface area contributed by atoms with Crippen molar-refractivity contribution in [2.45, 2.75) is 13.1 Å². The van der Waals surface area contributed by atoms with Gasteiger partial charge in [-0.15, -0.1) is 0 Å². The highest BCUT2D eigenvalue weighted by atomic mass is 15.2. The van der Waals surface area contributed by atoms with Crippen molar-refractivity contribution in [3.63, 3.8) is 0 Å². The summed E-state index contributed by atoms with van der Waals surface area (Å²) in [5.74, 6) is 0. The lowest BCUT2D eigenvalue weighted by molar-refractivity contribution is 0.229. The molecule has 1 aromatic carbocycles. The van der Waals surface area contributed by atoms with Crippen molar-refractivity contribution in [1.29, 1.82) is 0 Å². The first-order valence-corrected chi connectivity index (χ1v) is 6.98. The SMILES string of the molecule is Cn1c(CN2CCNCC2)cc2cc(CN)ccc21. The van der Waals surface area contributed by atoms with E-state index < -0.39 is 0 Å². The molecule has 1 saturated heterocycles. The number of hydrogen-bond donors (Lipinski definition) is 2. The molecule has 1 aromatic heterocycles. The van der Waals surface area contributed by atoms with Crippen LogP contribution in [-0.2, 0) is 20.1 Å². The molecule has 3 rings (SSSR count). The number of nitrogens with zero attached hydrogens (tertiary/aromatic N) is 2. The third-order valence-electron chi connectivity index (χ3n) is 4.04. The Labute approximate surface area is 114 Å². The molecular weight excluding hydrogens is 236 g/mol. The molecule has 1 fully saturated rings. The van der Waals surface area contributed by atoms with Crippen molar-refractivity contribution in [3.05, 3.63) is 35.5 Å². The van der Waals surface area contributed by atoms with Crippen LogP contribution in [0.25, 0.3) is 10.9 Å². The van der Waals surface area contributed by atoms with E-state index >= 15 is 0 Å². The Morgan fingerprint density at radius 2 is 2.00 bits per heavy atom. The molecule has 1 aliphatic heterocycles. The fourth-order valence-corrected chi connectivity index (χ4v) is 2.83. The fourth-order valence-electron chi connectivity index (χ4n) is 2.83. The number of rotatable bonds is 3. The van der Waals surface area contributed by atoms with Crippen LogP contribution in [0.5, 0.6) is 0 Å². The number of nitrogens with one attached hydrogen (secondary N) is 1. The number of aryl methyl sites for hydroxylation is 1. The van der Waals surface area contributed by atoms with Crippen LogP contribution in [0.1, 0.15) is 11.3 Å². The minimum absolute atomic E-state index is 0.609. The molecule has 102 valence electrons. The lowest BCUT2D eigenvalue weighted by atomic mass is 10.1. The second-order valence-electron chi connectivity index (χ2n) is 5.32. The molecule has 0 spiro atoms. The van der Waals surface area contributed by atoms with E-state index in [-0.39, 0.29) is 0 Å². The molecule has 0 unspecified atom stereocenters. The maximum Gasteiger partial charge on any atom is 0.0480 e. The molecule has 19 heavy (non-hydrogen) atoms. The van der Waals surface area contributed by atoms with Crippen molar-refractivity contribution in [2.75, 3.05) is 26.2 Å². The summed E-state index contributed by atoms with van der Waals surface area (Å²) < 4.78 is 2.30. The van der Waals surface area contributed by atoms with Crippen LogP contribution < -0.4 is 11.1 Å². The number of piperazine rings is 1. The van der Waals surface area contributed by atoms with Crippen LogP contribution in [-0.4, -0.2) is 35.6 Å². The topological polar surface area (TPSA) is 46.2 Å². The van der Waals surface area contributed by atoms with Crippen LogP contribution in [0.4, 0.5) is 0 Å². The van der Waals surface area contributed by atoms with Crippen LogP contribution in [0.15, 0.2) is 24.3 Å². The Bertz CT molecular complexity index is 567. The van der Waals surface area contributed by atoms with E-state index in [9.17, 15) is 0 Å². The number of nitrogens with two attached hydrogens (primary N) is 1. The monoisotopic (exact) mass is 258 g/mol. The van der Waals surface area contributed by atoms with Crippen LogP contribution >= 0.6 is 0 Å². The highest BCUT2D eigenvalue weighted by Crippen LogP contribution is 2.21. The van der Waals surface area contributed by atoms with Gasteiger partial charge < -0.3 is 15.6 Å². The average Bonchev–Trinajstić information content (AvgIpc) is 2.76. The molecule has 0 atom stereocenters. The van der Waals surface area contributed by atoms with E-state index in [1.54, 1.807) is 0 Å². The molecule has 4 nitrogen and oxygen atoms in total. The molecule has 1 aliphatic rings. The standard InChI is InChI=1S/C15H22N4/c1-18-14(11-19-6-4-17-5-7-19)9-13-8-12(10-16)2-3-15(13)18/h2-3,8-9,17H,4-7,10-11,16H2,1H3. The number of hydrogen-bond acceptors (Lipinski definition) is 3. The molecule has 3 N–H and O–H groups in total. The first-order chi connectivity index (χ1) is 9.28. The predicted molar refractivity (Wildman–Crippen MR) is 79.0 cm³/mol. The van der Waals surface area contributed by atoms with Gasteiger partial charge in [0, 0.05) is 62.9 Å². The maximum absolute atomic E-state index is 5.71. The molecule has 0 saturated carbocycles. The maximum atomic E-state index is 5.71. The highest BCUT2D eigenvalue weighted by molar-refractivity contribution is 5.82. The van der Waals surface area contributed by atoms with Gasteiger partial charge in [-0.25, -0.2) is 0 Å². The van der Waals surface area contributed by atoms with E-state index in [0.717, 1.165) is 32.7 Å². The molecule has 0 amide bonds. The molecule has 0 radical (unpaired) electrons. The highest BCUT2D eigenvalue weighted by Gasteiger charge is 2.13. The zero-order valence-electron chi connectivity index (χ0n) is 11.5. The first-order valence-electron chi connectivity index (χ1n) is 6.98. The lowest BCUT2D eigenvalue weighted by Gasteiger charge is -2.27. The predicted octanol–water partition coefficient (Wildman–Crippen LogP) is 1.04. The van der Waals surface area contributed by atoms with E-state index in [0.29, 0.717) is 6.54 Å². The Hall–Kier alpha value is -1.36. The van der Waals surface area contributed by atoms with Gasteiger partial charge in [0.1, 0.15) is 0 Å². The molecule has 0 aliphatic carbocycles. The Kier molecular flexibility index (Phi) is 3.55. The molecular formula is C15H22N4. The summed E-state index contributed by atoms with van der Waals surface area (Å²) >= 11 is 0. The number of benzene rings is 1. The first kappa shape index (κ1) is 12.7. The van der Waals surface area contributed by atoms with Crippen LogP contribution in [0, 0.1) is 0 Å². The summed E-state index contributed by atoms with van der Waals surface area (Å²) in [5.41, 5.74) is 9.59. The van der Waals surface area contributed by atoms with Crippen molar-refractivity contribution in [3.8, 4) is 0 Å². The minimum Gasteiger partial charge on any atom is -0.346 e. The van der Waals surface area contributed by atoms with Gasteiger partial charge in [-0.1, -0.05) is 6.07 Å². The third-order valence-corrected chi connectivity index (χ3v) is 4.04. The quantitative estimate of drug-likeness (QED) is 0.865. The fraction of sp³-hybridized carbons (Fsp3) is 0.467. The van der Waals surface area contributed by atoms with Gasteiger partial charge in [-0.2, -0.15) is 0 Å². The second kappa shape index (κ2) is 5.33.